The minimum atomic E-state index is -1.30. The van der Waals surface area contributed by atoms with E-state index < -0.39 is 17.2 Å². The largest absolute Gasteiger partial charge is 0.504 e. The van der Waals surface area contributed by atoms with E-state index >= 15 is 0 Å². The number of ether oxygens (including phenoxy) is 3. The van der Waals surface area contributed by atoms with Crippen molar-refractivity contribution in [2.24, 2.45) is 5.92 Å². The number of carbonyl (C=O) groups excluding carboxylic acids is 2. The maximum atomic E-state index is 12.9. The van der Waals surface area contributed by atoms with Gasteiger partial charge in [0.2, 0.25) is 0 Å². The minimum Gasteiger partial charge on any atom is -0.504 e. The zero-order chi connectivity index (χ0) is 18.3. The van der Waals surface area contributed by atoms with Crippen molar-refractivity contribution in [2.75, 3.05) is 20.8 Å². The summed E-state index contributed by atoms with van der Waals surface area (Å²) >= 11 is 0. The lowest BCUT2D eigenvalue weighted by atomic mass is 9.55. The first kappa shape index (κ1) is 15.5. The van der Waals surface area contributed by atoms with E-state index in [1.807, 2.05) is 6.07 Å². The lowest BCUT2D eigenvalue weighted by Gasteiger charge is -2.50. The van der Waals surface area contributed by atoms with Crippen LogP contribution in [0.4, 0.5) is 4.79 Å². The highest BCUT2D eigenvalue weighted by Crippen LogP contribution is 2.69. The number of hydrogen-bond acceptors (Lipinski definition) is 6. The molecule has 0 aromatic heterocycles. The molecule has 2 aliphatic carbocycles. The van der Waals surface area contributed by atoms with Crippen molar-refractivity contribution >= 4 is 11.9 Å². The van der Waals surface area contributed by atoms with Gasteiger partial charge in [-0.25, -0.2) is 4.79 Å². The second kappa shape index (κ2) is 4.72. The Kier molecular flexibility index (Phi) is 2.82. The number of ketones is 1. The van der Waals surface area contributed by atoms with Crippen LogP contribution in [-0.4, -0.2) is 48.4 Å². The van der Waals surface area contributed by atoms with E-state index in [1.54, 1.807) is 6.07 Å². The zero-order valence-corrected chi connectivity index (χ0v) is 14.6. The van der Waals surface area contributed by atoms with Crippen molar-refractivity contribution in [1.82, 2.24) is 4.90 Å². The van der Waals surface area contributed by atoms with Crippen molar-refractivity contribution < 1.29 is 28.9 Å². The fourth-order valence-electron chi connectivity index (χ4n) is 5.63. The summed E-state index contributed by atoms with van der Waals surface area (Å²) in [4.78, 5) is 27.0. The van der Waals surface area contributed by atoms with Gasteiger partial charge in [-0.05, 0) is 30.9 Å². The number of aromatic hydroxyl groups is 1. The molecule has 0 unspecified atom stereocenters. The summed E-state index contributed by atoms with van der Waals surface area (Å²) in [7, 11) is 2.78. The number of rotatable bonds is 1. The van der Waals surface area contributed by atoms with Crippen LogP contribution in [0.3, 0.4) is 0 Å². The van der Waals surface area contributed by atoms with Crippen LogP contribution >= 0.6 is 0 Å². The Bertz CT molecular complexity index is 892. The number of methoxy groups -OCH3 is 2. The van der Waals surface area contributed by atoms with Crippen LogP contribution in [0.5, 0.6) is 11.5 Å². The molecule has 2 aliphatic heterocycles. The Morgan fingerprint density at radius 3 is 2.92 bits per heavy atom. The Morgan fingerprint density at radius 1 is 1.38 bits per heavy atom. The maximum absolute atomic E-state index is 12.9. The predicted molar refractivity (Wildman–Crippen MR) is 88.8 cm³/mol. The van der Waals surface area contributed by atoms with Gasteiger partial charge < -0.3 is 19.3 Å². The minimum absolute atomic E-state index is 0.00664. The number of phenolic OH excluding ortho intramolecular Hbond substituents is 1. The molecule has 1 amide bonds. The molecule has 1 spiro atoms. The molecule has 0 bridgehead atoms. The van der Waals surface area contributed by atoms with Gasteiger partial charge in [0.15, 0.2) is 23.0 Å². The fourth-order valence-corrected chi connectivity index (χ4v) is 5.63. The smallest absolute Gasteiger partial charge is 0.413 e. The number of amides is 1. The van der Waals surface area contributed by atoms with Crippen LogP contribution in [0.25, 0.3) is 0 Å². The zero-order valence-electron chi connectivity index (χ0n) is 14.6. The van der Waals surface area contributed by atoms with Crippen molar-refractivity contribution in [3.05, 3.63) is 35.1 Å². The number of likely N-dealkylation sites (tertiary alicyclic amines) is 1. The summed E-state index contributed by atoms with van der Waals surface area (Å²) < 4.78 is 16.9. The van der Waals surface area contributed by atoms with Gasteiger partial charge in [0.05, 0.1) is 19.6 Å². The highest BCUT2D eigenvalue weighted by atomic mass is 16.6. The molecule has 0 radical (unpaired) electrons. The Morgan fingerprint density at radius 2 is 2.19 bits per heavy atom. The van der Waals surface area contributed by atoms with E-state index in [0.717, 1.165) is 17.5 Å². The second-order valence-electron chi connectivity index (χ2n) is 7.24. The van der Waals surface area contributed by atoms with Crippen molar-refractivity contribution in [3.8, 4) is 11.5 Å². The number of benzene rings is 1. The van der Waals surface area contributed by atoms with Crippen molar-refractivity contribution in [3.63, 3.8) is 0 Å². The molecule has 136 valence electrons. The normalized spacial score (nSPS) is 33.2. The summed E-state index contributed by atoms with van der Waals surface area (Å²) in [6.45, 7) is 0.381. The molecule has 7 nitrogen and oxygen atoms in total. The number of nitrogens with zero attached hydrogens (tertiary/aromatic N) is 1. The average molecular weight is 357 g/mol. The van der Waals surface area contributed by atoms with Crippen LogP contribution in [-0.2, 0) is 26.1 Å². The lowest BCUT2D eigenvalue weighted by molar-refractivity contribution is -0.135. The molecule has 1 saturated heterocycles. The standard InChI is InChI=1S/C19H19NO6/c1-24-14-9-13(22)11-5-3-10-4-6-12(21)16-15(10)18(11)7-8-20(17(23)25-2)19(14,18)26-16/h4,6,9,11,21H,3,5,7-8H2,1-2H3/t11-,18+,19+/m1/s1. The Labute approximate surface area is 150 Å². The first-order valence-electron chi connectivity index (χ1n) is 8.71. The Balaban J connectivity index is 1.88. The molecular formula is C19H19NO6. The van der Waals surface area contributed by atoms with E-state index in [9.17, 15) is 14.7 Å². The highest BCUT2D eigenvalue weighted by Gasteiger charge is 2.77. The maximum Gasteiger partial charge on any atom is 0.413 e. The SMILES string of the molecule is COC(=O)N1CC[C@]23c4c5ccc(O)c4O[C@]12C(OC)=CC(=O)[C@H]3CC5. The number of hydrogen-bond donors (Lipinski definition) is 1. The topological polar surface area (TPSA) is 85.3 Å². The van der Waals surface area contributed by atoms with Gasteiger partial charge >= 0.3 is 6.09 Å². The molecule has 26 heavy (non-hydrogen) atoms. The number of carbonyl (C=O) groups is 2. The van der Waals surface area contributed by atoms with Crippen molar-refractivity contribution in [2.45, 2.75) is 30.4 Å². The second-order valence-corrected chi connectivity index (χ2v) is 7.24. The molecule has 5 rings (SSSR count). The van der Waals surface area contributed by atoms with E-state index in [4.69, 9.17) is 14.2 Å². The number of phenols is 1. The summed E-state index contributed by atoms with van der Waals surface area (Å²) in [6, 6.07) is 3.49. The number of aryl methyl sites for hydroxylation is 1. The van der Waals surface area contributed by atoms with E-state index in [-0.39, 0.29) is 23.2 Å². The van der Waals surface area contributed by atoms with Gasteiger partial charge in [0.25, 0.3) is 5.72 Å². The molecule has 0 saturated carbocycles. The first-order chi connectivity index (χ1) is 12.5. The van der Waals surface area contributed by atoms with Gasteiger partial charge in [-0.1, -0.05) is 6.07 Å². The lowest BCUT2D eigenvalue weighted by Crippen LogP contribution is -2.66. The summed E-state index contributed by atoms with van der Waals surface area (Å²) in [5, 5.41) is 10.5. The average Bonchev–Trinajstić information content (AvgIpc) is 3.13. The first-order valence-corrected chi connectivity index (χ1v) is 8.71. The third-order valence-corrected chi connectivity index (χ3v) is 6.50. The molecule has 1 fully saturated rings. The highest BCUT2D eigenvalue weighted by molar-refractivity contribution is 5.97. The van der Waals surface area contributed by atoms with Gasteiger partial charge in [-0.2, -0.15) is 0 Å². The van der Waals surface area contributed by atoms with E-state index in [0.29, 0.717) is 25.1 Å². The Hall–Kier alpha value is -2.70. The van der Waals surface area contributed by atoms with Crippen LogP contribution in [0.2, 0.25) is 0 Å². The van der Waals surface area contributed by atoms with Gasteiger partial charge in [0.1, 0.15) is 0 Å². The van der Waals surface area contributed by atoms with Gasteiger partial charge in [-0.15, -0.1) is 0 Å². The third kappa shape index (κ3) is 1.40. The van der Waals surface area contributed by atoms with E-state index in [1.165, 1.54) is 25.2 Å². The summed E-state index contributed by atoms with van der Waals surface area (Å²) in [5.74, 6) is 0.289. The molecule has 1 N–H and O–H groups in total. The monoisotopic (exact) mass is 357 g/mol. The van der Waals surface area contributed by atoms with Crippen molar-refractivity contribution in [1.29, 1.82) is 0 Å². The summed E-state index contributed by atoms with van der Waals surface area (Å²) in [6.07, 6.45) is 2.84. The quantitative estimate of drug-likeness (QED) is 0.826. The summed E-state index contributed by atoms with van der Waals surface area (Å²) in [5.41, 5.74) is -0.173. The molecule has 1 aromatic carbocycles. The van der Waals surface area contributed by atoms with Gasteiger partial charge in [-0.3, -0.25) is 9.69 Å². The van der Waals surface area contributed by atoms with Gasteiger partial charge in [0, 0.05) is 24.1 Å². The van der Waals surface area contributed by atoms with Crippen LogP contribution < -0.4 is 4.74 Å². The predicted octanol–water partition coefficient (Wildman–Crippen LogP) is 1.87. The molecule has 3 atom stereocenters. The molecular weight excluding hydrogens is 338 g/mol. The van der Waals surface area contributed by atoms with E-state index in [2.05, 4.69) is 0 Å². The third-order valence-electron chi connectivity index (χ3n) is 6.50. The molecule has 1 aromatic rings. The van der Waals surface area contributed by atoms with Crippen LogP contribution in [0.1, 0.15) is 24.0 Å². The van der Waals surface area contributed by atoms with Crippen LogP contribution in [0.15, 0.2) is 24.0 Å². The molecule has 2 heterocycles. The fraction of sp³-hybridized carbons (Fsp3) is 0.474. The molecule has 7 heteroatoms. The number of allylic oxidation sites excluding steroid dienone is 1. The molecule has 4 aliphatic rings. The van der Waals surface area contributed by atoms with Crippen LogP contribution in [0, 0.1) is 5.92 Å².